The van der Waals surface area contributed by atoms with Gasteiger partial charge in [-0.3, -0.25) is 4.90 Å². The van der Waals surface area contributed by atoms with E-state index in [0.717, 1.165) is 12.4 Å². The third kappa shape index (κ3) is 1.85. The van der Waals surface area contributed by atoms with Crippen molar-refractivity contribution in [3.63, 3.8) is 0 Å². The number of β-amino-alcohol motifs (C(OH)–C–C–N with tert-alkyl or cyclic N) is 1. The normalized spacial score (nSPS) is 20.3. The zero-order valence-corrected chi connectivity index (χ0v) is 8.81. The average Bonchev–Trinajstić information content (AvgIpc) is 2.13. The summed E-state index contributed by atoms with van der Waals surface area (Å²) in [5.74, 6) is -0.178. The van der Waals surface area contributed by atoms with Crippen LogP contribution in [0.2, 0.25) is 0 Å². The van der Waals surface area contributed by atoms with Crippen molar-refractivity contribution in [2.45, 2.75) is 25.5 Å². The van der Waals surface area contributed by atoms with Crippen molar-refractivity contribution in [1.82, 2.24) is 14.9 Å². The maximum absolute atomic E-state index is 12.6. The average molecular weight is 211 g/mol. The first-order valence-corrected chi connectivity index (χ1v) is 4.96. The minimum Gasteiger partial charge on any atom is -0.379 e. The van der Waals surface area contributed by atoms with Gasteiger partial charge in [-0.1, -0.05) is 0 Å². The smallest absolute Gasteiger partial charge is 0.162 e. The molecule has 0 spiro atoms. The standard InChI is InChI=1S/C10H14FN3O/c1-7(2)14-5-10(15,6-14)9-12-3-8(11)4-13-9/h3-4,7,15H,5-6H2,1-2H3. The Balaban J connectivity index is 2.10. The van der Waals surface area contributed by atoms with Gasteiger partial charge in [-0.05, 0) is 13.8 Å². The monoisotopic (exact) mass is 211 g/mol. The number of nitrogens with zero attached hydrogens (tertiary/aromatic N) is 3. The van der Waals surface area contributed by atoms with Crippen LogP contribution >= 0.6 is 0 Å². The van der Waals surface area contributed by atoms with Crippen LogP contribution in [0, 0.1) is 5.82 Å². The predicted octanol–water partition coefficient (Wildman–Crippen LogP) is 0.527. The summed E-state index contributed by atoms with van der Waals surface area (Å²) in [7, 11) is 0. The number of rotatable bonds is 2. The third-order valence-electron chi connectivity index (χ3n) is 2.70. The lowest BCUT2D eigenvalue weighted by atomic mass is 9.92. The highest BCUT2D eigenvalue weighted by Crippen LogP contribution is 2.30. The molecule has 5 heteroatoms. The molecular weight excluding hydrogens is 197 g/mol. The van der Waals surface area contributed by atoms with E-state index in [-0.39, 0.29) is 0 Å². The highest BCUT2D eigenvalue weighted by molar-refractivity contribution is 5.11. The van der Waals surface area contributed by atoms with Gasteiger partial charge in [-0.2, -0.15) is 0 Å². The molecular formula is C10H14FN3O. The van der Waals surface area contributed by atoms with Crippen molar-refractivity contribution < 1.29 is 9.50 Å². The Morgan fingerprint density at radius 1 is 1.40 bits per heavy atom. The van der Waals surface area contributed by atoms with E-state index >= 15 is 0 Å². The van der Waals surface area contributed by atoms with Crippen LogP contribution < -0.4 is 0 Å². The van der Waals surface area contributed by atoms with Gasteiger partial charge in [0.25, 0.3) is 0 Å². The Morgan fingerprint density at radius 3 is 2.40 bits per heavy atom. The molecule has 82 valence electrons. The zero-order valence-electron chi connectivity index (χ0n) is 8.81. The molecule has 0 amide bonds. The second-order valence-electron chi connectivity index (χ2n) is 4.26. The van der Waals surface area contributed by atoms with Gasteiger partial charge in [0, 0.05) is 19.1 Å². The Bertz CT molecular complexity index is 346. The van der Waals surface area contributed by atoms with Crippen LogP contribution in [0.15, 0.2) is 12.4 Å². The van der Waals surface area contributed by atoms with Gasteiger partial charge in [0.1, 0.15) is 5.60 Å². The number of hydrogen-bond acceptors (Lipinski definition) is 4. The first kappa shape index (κ1) is 10.4. The first-order valence-electron chi connectivity index (χ1n) is 4.96. The molecule has 1 N–H and O–H groups in total. The molecule has 0 saturated carbocycles. The van der Waals surface area contributed by atoms with Crippen LogP contribution in [0.1, 0.15) is 19.7 Å². The van der Waals surface area contributed by atoms with Crippen molar-refractivity contribution in [2.75, 3.05) is 13.1 Å². The summed E-state index contributed by atoms with van der Waals surface area (Å²) < 4.78 is 12.6. The van der Waals surface area contributed by atoms with Gasteiger partial charge < -0.3 is 5.11 Å². The molecule has 1 aromatic rings. The summed E-state index contributed by atoms with van der Waals surface area (Å²) >= 11 is 0. The molecule has 0 bridgehead atoms. The summed E-state index contributed by atoms with van der Waals surface area (Å²) in [4.78, 5) is 9.71. The lowest BCUT2D eigenvalue weighted by molar-refractivity contribution is -0.122. The Hall–Kier alpha value is -1.07. The van der Waals surface area contributed by atoms with E-state index in [4.69, 9.17) is 0 Å². The van der Waals surface area contributed by atoms with Crippen LogP contribution in [-0.2, 0) is 5.60 Å². The predicted molar refractivity (Wildman–Crippen MR) is 52.6 cm³/mol. The lowest BCUT2D eigenvalue weighted by Gasteiger charge is -2.47. The quantitative estimate of drug-likeness (QED) is 0.775. The van der Waals surface area contributed by atoms with Crippen LogP contribution in [0.4, 0.5) is 4.39 Å². The molecule has 1 fully saturated rings. The Morgan fingerprint density at radius 2 is 1.93 bits per heavy atom. The topological polar surface area (TPSA) is 49.2 Å². The molecule has 1 aliphatic rings. The van der Waals surface area contributed by atoms with Crippen LogP contribution in [0.3, 0.4) is 0 Å². The van der Waals surface area contributed by atoms with E-state index in [1.54, 1.807) is 0 Å². The third-order valence-corrected chi connectivity index (χ3v) is 2.70. The van der Waals surface area contributed by atoms with Gasteiger partial charge in [0.2, 0.25) is 0 Å². The Labute approximate surface area is 87.8 Å². The van der Waals surface area contributed by atoms with E-state index in [0.29, 0.717) is 25.0 Å². The van der Waals surface area contributed by atoms with Gasteiger partial charge in [-0.25, -0.2) is 14.4 Å². The number of likely N-dealkylation sites (tertiary alicyclic amines) is 1. The molecule has 15 heavy (non-hydrogen) atoms. The largest absolute Gasteiger partial charge is 0.379 e. The van der Waals surface area contributed by atoms with Crippen LogP contribution in [-0.4, -0.2) is 39.1 Å². The van der Waals surface area contributed by atoms with Crippen molar-refractivity contribution in [2.24, 2.45) is 0 Å². The van der Waals surface area contributed by atoms with E-state index in [9.17, 15) is 9.50 Å². The maximum Gasteiger partial charge on any atom is 0.162 e. The summed E-state index contributed by atoms with van der Waals surface area (Å²) in [6, 6.07) is 0.394. The molecule has 0 radical (unpaired) electrons. The molecule has 2 rings (SSSR count). The summed E-state index contributed by atoms with van der Waals surface area (Å²) in [5.41, 5.74) is -1.00. The molecule has 0 unspecified atom stereocenters. The van der Waals surface area contributed by atoms with E-state index < -0.39 is 11.4 Å². The number of hydrogen-bond donors (Lipinski definition) is 1. The fraction of sp³-hybridized carbons (Fsp3) is 0.600. The highest BCUT2D eigenvalue weighted by Gasteiger charge is 2.45. The van der Waals surface area contributed by atoms with E-state index in [1.165, 1.54) is 0 Å². The maximum atomic E-state index is 12.6. The van der Waals surface area contributed by atoms with Crippen molar-refractivity contribution in [3.05, 3.63) is 24.0 Å². The van der Waals surface area contributed by atoms with Gasteiger partial charge in [0.15, 0.2) is 11.6 Å². The second kappa shape index (κ2) is 3.50. The molecule has 1 aliphatic heterocycles. The minimum atomic E-state index is -1.00. The molecule has 0 aromatic carbocycles. The minimum absolute atomic E-state index is 0.306. The molecule has 2 heterocycles. The van der Waals surface area contributed by atoms with Crippen molar-refractivity contribution >= 4 is 0 Å². The molecule has 1 saturated heterocycles. The molecule has 0 aliphatic carbocycles. The lowest BCUT2D eigenvalue weighted by Crippen LogP contribution is -2.62. The van der Waals surface area contributed by atoms with Crippen molar-refractivity contribution in [1.29, 1.82) is 0 Å². The summed E-state index contributed by atoms with van der Waals surface area (Å²) in [6.07, 6.45) is 2.16. The van der Waals surface area contributed by atoms with Gasteiger partial charge >= 0.3 is 0 Å². The van der Waals surface area contributed by atoms with Gasteiger partial charge in [0.05, 0.1) is 12.4 Å². The summed E-state index contributed by atoms with van der Waals surface area (Å²) in [6.45, 7) is 5.14. The molecule has 0 atom stereocenters. The number of halogens is 1. The highest BCUT2D eigenvalue weighted by atomic mass is 19.1. The fourth-order valence-corrected chi connectivity index (χ4v) is 1.68. The van der Waals surface area contributed by atoms with Gasteiger partial charge in [-0.15, -0.1) is 0 Å². The molecule has 4 nitrogen and oxygen atoms in total. The Kier molecular flexibility index (Phi) is 2.44. The SMILES string of the molecule is CC(C)N1CC(O)(c2ncc(F)cn2)C1. The number of aliphatic hydroxyl groups is 1. The first-order chi connectivity index (χ1) is 7.01. The van der Waals surface area contributed by atoms with Crippen LogP contribution in [0.25, 0.3) is 0 Å². The van der Waals surface area contributed by atoms with Crippen LogP contribution in [0.5, 0.6) is 0 Å². The van der Waals surface area contributed by atoms with E-state index in [2.05, 4.69) is 28.7 Å². The van der Waals surface area contributed by atoms with E-state index in [1.807, 2.05) is 0 Å². The fourth-order valence-electron chi connectivity index (χ4n) is 1.68. The number of aromatic nitrogens is 2. The molecule has 1 aromatic heterocycles. The zero-order chi connectivity index (χ0) is 11.1. The van der Waals surface area contributed by atoms with Crippen molar-refractivity contribution in [3.8, 4) is 0 Å². The second-order valence-corrected chi connectivity index (χ2v) is 4.26. The summed E-state index contributed by atoms with van der Waals surface area (Å²) in [5, 5.41) is 10.1.